The van der Waals surface area contributed by atoms with Crippen LogP contribution in [0.2, 0.25) is 0 Å². The van der Waals surface area contributed by atoms with Gasteiger partial charge in [0.25, 0.3) is 11.5 Å². The highest BCUT2D eigenvalue weighted by Gasteiger charge is 2.33. The highest BCUT2D eigenvalue weighted by molar-refractivity contribution is 8.26. The molecule has 4 rings (SSSR count). The van der Waals surface area contributed by atoms with Gasteiger partial charge in [0, 0.05) is 32.2 Å². The van der Waals surface area contributed by atoms with Crippen molar-refractivity contribution >= 4 is 46.1 Å². The molecule has 0 aliphatic carbocycles. The number of nitrogens with zero attached hydrogens (tertiary/aromatic N) is 4. The Morgan fingerprint density at radius 2 is 1.81 bits per heavy atom. The average molecular weight is 523 g/mol. The Kier molecular flexibility index (Phi) is 8.17. The summed E-state index contributed by atoms with van der Waals surface area (Å²) in [5, 5.41) is 9.70. The van der Waals surface area contributed by atoms with Gasteiger partial charge in [-0.25, -0.2) is 0 Å². The Morgan fingerprint density at radius 1 is 1.14 bits per heavy atom. The van der Waals surface area contributed by atoms with Gasteiger partial charge in [0.05, 0.1) is 12.0 Å². The van der Waals surface area contributed by atoms with E-state index in [4.69, 9.17) is 17.0 Å². The number of aromatic nitrogens is 1. The van der Waals surface area contributed by atoms with Crippen LogP contribution in [0.15, 0.2) is 34.0 Å². The number of nitriles is 1. The molecule has 7 nitrogen and oxygen atoms in total. The first kappa shape index (κ1) is 26.0. The van der Waals surface area contributed by atoms with Crippen LogP contribution in [0.4, 0.5) is 5.82 Å². The Labute approximate surface area is 221 Å². The number of benzene rings is 1. The molecule has 0 atom stereocenters. The van der Waals surface area contributed by atoms with Gasteiger partial charge >= 0.3 is 0 Å². The fourth-order valence-corrected chi connectivity index (χ4v) is 6.02. The predicted molar refractivity (Wildman–Crippen MR) is 148 cm³/mol. The van der Waals surface area contributed by atoms with E-state index in [9.17, 15) is 14.9 Å². The van der Waals surface area contributed by atoms with E-state index in [-0.39, 0.29) is 17.0 Å². The molecule has 9 heteroatoms. The van der Waals surface area contributed by atoms with Crippen LogP contribution >= 0.6 is 24.0 Å². The number of thiocarbonyl (C=S) groups is 1. The summed E-state index contributed by atoms with van der Waals surface area (Å²) in [7, 11) is 3.34. The second-order valence-electron chi connectivity index (χ2n) is 9.05. The first-order valence-corrected chi connectivity index (χ1v) is 13.3. The number of ether oxygens (including phenoxy) is 1. The molecule has 2 aliphatic heterocycles. The van der Waals surface area contributed by atoms with Crippen molar-refractivity contribution in [2.45, 2.75) is 39.0 Å². The van der Waals surface area contributed by atoms with E-state index in [1.807, 2.05) is 30.3 Å². The second kappa shape index (κ2) is 11.3. The van der Waals surface area contributed by atoms with Crippen molar-refractivity contribution in [1.29, 1.82) is 5.26 Å². The van der Waals surface area contributed by atoms with Crippen molar-refractivity contribution in [3.63, 3.8) is 0 Å². The minimum Gasteiger partial charge on any atom is -0.497 e. The van der Waals surface area contributed by atoms with Crippen molar-refractivity contribution < 1.29 is 9.53 Å². The van der Waals surface area contributed by atoms with Gasteiger partial charge in [-0.05, 0) is 55.5 Å². The Balaban J connectivity index is 1.67. The number of hydrogen-bond donors (Lipinski definition) is 0. The van der Waals surface area contributed by atoms with Gasteiger partial charge in [0.1, 0.15) is 27.5 Å². The zero-order valence-corrected chi connectivity index (χ0v) is 22.5. The Morgan fingerprint density at radius 3 is 2.42 bits per heavy atom. The quantitative estimate of drug-likeness (QED) is 0.411. The van der Waals surface area contributed by atoms with Crippen molar-refractivity contribution in [3.8, 4) is 11.8 Å². The van der Waals surface area contributed by atoms with Gasteiger partial charge in [-0.2, -0.15) is 5.26 Å². The smallest absolute Gasteiger partial charge is 0.270 e. The number of hydrogen-bond acceptors (Lipinski definition) is 7. The lowest BCUT2D eigenvalue weighted by molar-refractivity contribution is -0.122. The molecule has 2 fully saturated rings. The number of pyridine rings is 1. The van der Waals surface area contributed by atoms with E-state index in [1.54, 1.807) is 30.5 Å². The standard InChI is InChI=1S/C27H30N4O3S2/c1-18-21(24(29(2)25(32)22(18)17-28)30-13-6-4-5-7-14-30)16-23-26(33)31(27(35)36-23)15-12-19-8-10-20(34-3)11-9-19/h8-11,16H,4-7,12-15H2,1-3H3/b23-16+. The van der Waals surface area contributed by atoms with E-state index in [2.05, 4.69) is 11.0 Å². The van der Waals surface area contributed by atoms with Crippen LogP contribution in [0.25, 0.3) is 6.08 Å². The lowest BCUT2D eigenvalue weighted by atomic mass is 10.0. The molecule has 1 aromatic heterocycles. The molecular formula is C27H30N4O3S2. The normalized spacial score (nSPS) is 17.4. The van der Waals surface area contributed by atoms with E-state index < -0.39 is 0 Å². The Bertz CT molecular complexity index is 1300. The molecule has 0 spiro atoms. The maximum atomic E-state index is 13.4. The third-order valence-electron chi connectivity index (χ3n) is 6.81. The molecule has 188 valence electrons. The van der Waals surface area contributed by atoms with Crippen molar-refractivity contribution in [1.82, 2.24) is 9.47 Å². The number of carbonyl (C=O) groups is 1. The van der Waals surface area contributed by atoms with Crippen LogP contribution in [0, 0.1) is 18.3 Å². The third-order valence-corrected chi connectivity index (χ3v) is 8.18. The topological polar surface area (TPSA) is 78.6 Å². The van der Waals surface area contributed by atoms with E-state index >= 15 is 0 Å². The lowest BCUT2D eigenvalue weighted by Gasteiger charge is -2.28. The van der Waals surface area contributed by atoms with Crippen LogP contribution < -0.4 is 15.2 Å². The monoisotopic (exact) mass is 522 g/mol. The molecule has 2 aliphatic rings. The molecule has 0 saturated carbocycles. The number of anilines is 1. The maximum absolute atomic E-state index is 13.4. The summed E-state index contributed by atoms with van der Waals surface area (Å²) < 4.78 is 7.29. The Hall–Kier alpha value is -3.09. The highest BCUT2D eigenvalue weighted by atomic mass is 32.2. The number of thioether (sulfide) groups is 1. The van der Waals surface area contributed by atoms with Crippen molar-refractivity contribution in [3.05, 3.63) is 61.8 Å². The van der Waals surface area contributed by atoms with Gasteiger partial charge in [-0.15, -0.1) is 0 Å². The minimum absolute atomic E-state index is 0.109. The molecule has 1 amide bonds. The third kappa shape index (κ3) is 5.20. The van der Waals surface area contributed by atoms with Crippen molar-refractivity contribution in [2.24, 2.45) is 7.05 Å². The van der Waals surface area contributed by atoms with E-state index in [0.29, 0.717) is 27.8 Å². The summed E-state index contributed by atoms with van der Waals surface area (Å²) in [6, 6.07) is 9.84. The summed E-state index contributed by atoms with van der Waals surface area (Å²) in [4.78, 5) is 30.7. The zero-order chi connectivity index (χ0) is 25.8. The van der Waals surface area contributed by atoms with Crippen molar-refractivity contribution in [2.75, 3.05) is 31.6 Å². The predicted octanol–water partition coefficient (Wildman–Crippen LogP) is 4.40. The summed E-state index contributed by atoms with van der Waals surface area (Å²) in [5.41, 5.74) is 2.23. The van der Waals surface area contributed by atoms with Gasteiger partial charge in [0.2, 0.25) is 0 Å². The maximum Gasteiger partial charge on any atom is 0.270 e. The molecular weight excluding hydrogens is 492 g/mol. The average Bonchev–Trinajstić information content (AvgIpc) is 3.04. The fourth-order valence-electron chi connectivity index (χ4n) is 4.73. The van der Waals surface area contributed by atoms with Crippen LogP contribution in [-0.4, -0.2) is 46.4 Å². The van der Waals surface area contributed by atoms with E-state index in [0.717, 1.165) is 61.5 Å². The minimum atomic E-state index is -0.307. The largest absolute Gasteiger partial charge is 0.497 e. The first-order valence-electron chi connectivity index (χ1n) is 12.1. The van der Waals surface area contributed by atoms with Gasteiger partial charge in [-0.3, -0.25) is 19.1 Å². The molecule has 0 bridgehead atoms. The molecule has 3 heterocycles. The molecule has 0 unspecified atom stereocenters. The molecule has 0 N–H and O–H groups in total. The lowest BCUT2D eigenvalue weighted by Crippen LogP contribution is -2.34. The summed E-state index contributed by atoms with van der Waals surface area (Å²) >= 11 is 6.83. The molecule has 36 heavy (non-hydrogen) atoms. The highest BCUT2D eigenvalue weighted by Crippen LogP contribution is 2.36. The molecule has 1 aromatic carbocycles. The second-order valence-corrected chi connectivity index (χ2v) is 10.7. The van der Waals surface area contributed by atoms with Gasteiger partial charge < -0.3 is 9.64 Å². The number of rotatable bonds is 6. The molecule has 0 radical (unpaired) electrons. The zero-order valence-electron chi connectivity index (χ0n) is 20.9. The summed E-state index contributed by atoms with van der Waals surface area (Å²) in [5.74, 6) is 1.41. The number of amides is 1. The van der Waals surface area contributed by atoms with Crippen LogP contribution in [0.1, 0.15) is 47.9 Å². The SMILES string of the molecule is COc1ccc(CCN2C(=O)/C(=C\c3c(C)c(C#N)c(=O)n(C)c3N3CCCCCC3)SC2=S)cc1. The van der Waals surface area contributed by atoms with Gasteiger partial charge in [-0.1, -0.05) is 49.0 Å². The van der Waals surface area contributed by atoms with Gasteiger partial charge in [0.15, 0.2) is 0 Å². The number of carbonyl (C=O) groups excluding carboxylic acids is 1. The van der Waals surface area contributed by atoms with Crippen LogP contribution in [-0.2, 0) is 18.3 Å². The van der Waals surface area contributed by atoms with Crippen LogP contribution in [0.3, 0.4) is 0 Å². The van der Waals surface area contributed by atoms with Crippen LogP contribution in [0.5, 0.6) is 5.75 Å². The summed E-state index contributed by atoms with van der Waals surface area (Å²) in [6.07, 6.45) is 6.88. The first-order chi connectivity index (χ1) is 17.3. The van der Waals surface area contributed by atoms with E-state index in [1.165, 1.54) is 11.8 Å². The number of methoxy groups -OCH3 is 1. The molecule has 2 saturated heterocycles. The molecule has 2 aromatic rings. The summed E-state index contributed by atoms with van der Waals surface area (Å²) in [6.45, 7) is 3.94. The fraction of sp³-hybridized carbons (Fsp3) is 0.407.